The van der Waals surface area contributed by atoms with Gasteiger partial charge >= 0.3 is 0 Å². The third kappa shape index (κ3) is 4.68. The second-order valence-electron chi connectivity index (χ2n) is 7.98. The average molecular weight is 512 g/mol. The highest BCUT2D eigenvalue weighted by molar-refractivity contribution is 5.90. The van der Waals surface area contributed by atoms with E-state index in [9.17, 15) is 0 Å². The van der Waals surface area contributed by atoms with Crippen LogP contribution < -0.4 is 15.4 Å². The molecule has 0 unspecified atom stereocenters. The van der Waals surface area contributed by atoms with Gasteiger partial charge in [-0.2, -0.15) is 14.6 Å². The van der Waals surface area contributed by atoms with Crippen molar-refractivity contribution in [2.45, 2.75) is 6.50 Å². The summed E-state index contributed by atoms with van der Waals surface area (Å²) in [5.74, 6) is 0.876. The number of rotatable bonds is 9. The van der Waals surface area contributed by atoms with Gasteiger partial charge in [0.1, 0.15) is 12.4 Å². The van der Waals surface area contributed by atoms with Crippen molar-refractivity contribution in [3.8, 4) is 17.3 Å². The van der Waals surface area contributed by atoms with E-state index in [2.05, 4.69) is 20.2 Å². The van der Waals surface area contributed by atoms with E-state index < -0.39 is 39.1 Å². The minimum atomic E-state index is -3.31. The molecule has 1 aliphatic rings. The summed E-state index contributed by atoms with van der Waals surface area (Å²) < 4.78 is 88.5. The molecule has 192 valence electrons. The fourth-order valence-corrected chi connectivity index (χ4v) is 3.78. The Morgan fingerprint density at radius 2 is 1.92 bits per heavy atom. The third-order valence-corrected chi connectivity index (χ3v) is 5.64. The van der Waals surface area contributed by atoms with Crippen LogP contribution in [0.3, 0.4) is 0 Å². The number of furan rings is 1. The maximum atomic E-state index is 8.91. The fourth-order valence-electron chi connectivity index (χ4n) is 3.78. The molecule has 6 rings (SSSR count). The van der Waals surface area contributed by atoms with Gasteiger partial charge in [-0.1, -0.05) is 0 Å². The largest absolute Gasteiger partial charge is 0.491 e. The lowest BCUT2D eigenvalue weighted by Gasteiger charge is -2.36. The molecular weight excluding hydrogens is 474 g/mol. The van der Waals surface area contributed by atoms with Crippen LogP contribution in [-0.2, 0) is 11.2 Å². The number of ether oxygens (including phenoxy) is 2. The summed E-state index contributed by atoms with van der Waals surface area (Å²) in [6, 6.07) is 9.90. The monoisotopic (exact) mass is 511 g/mol. The highest BCUT2D eigenvalue weighted by Gasteiger charge is 2.20. The number of piperazine rings is 1. The van der Waals surface area contributed by atoms with Crippen molar-refractivity contribution >= 4 is 28.3 Å². The number of hydrogen-bond donors (Lipinski definition) is 1. The van der Waals surface area contributed by atoms with E-state index in [4.69, 9.17) is 30.6 Å². The lowest BCUT2D eigenvalue weighted by Crippen LogP contribution is -2.47. The summed E-state index contributed by atoms with van der Waals surface area (Å²) in [5.41, 5.74) is 6.56. The van der Waals surface area contributed by atoms with E-state index in [-0.39, 0.29) is 33.4 Å². The SMILES string of the molecule is [2H]C1([2H])CN(c2ccc(OCCOC)cc2)CC([2H])([2H])N1C([2H])([2H])C([2H])([2H])n1ncc2c1nc(N)n1nc(-c3ccco3)nc21. The molecule has 2 N–H and O–H groups in total. The van der Waals surface area contributed by atoms with Gasteiger partial charge in [-0.05, 0) is 36.4 Å². The van der Waals surface area contributed by atoms with Crippen molar-refractivity contribution in [3.63, 3.8) is 0 Å². The number of nitrogens with two attached hydrogens (primary N) is 1. The number of anilines is 2. The number of aryl methyl sites for hydroxylation is 1. The normalized spacial score (nSPS) is 21.4. The third-order valence-electron chi connectivity index (χ3n) is 5.64. The summed E-state index contributed by atoms with van der Waals surface area (Å²) in [5, 5.41) is 8.53. The van der Waals surface area contributed by atoms with Crippen molar-refractivity contribution in [2.75, 3.05) is 63.5 Å². The van der Waals surface area contributed by atoms with Crippen LogP contribution >= 0.6 is 0 Å². The molecule has 0 saturated carbocycles. The first-order valence-corrected chi connectivity index (χ1v) is 11.4. The van der Waals surface area contributed by atoms with Crippen molar-refractivity contribution in [1.29, 1.82) is 0 Å². The molecule has 0 aliphatic carbocycles. The molecule has 5 heterocycles. The van der Waals surface area contributed by atoms with Crippen molar-refractivity contribution in [3.05, 3.63) is 48.9 Å². The second kappa shape index (κ2) is 10.1. The van der Waals surface area contributed by atoms with Gasteiger partial charge < -0.3 is 24.5 Å². The molecule has 0 bridgehead atoms. The number of benzene rings is 1. The van der Waals surface area contributed by atoms with Crippen LogP contribution in [0.2, 0.25) is 0 Å². The van der Waals surface area contributed by atoms with Gasteiger partial charge in [0.2, 0.25) is 11.8 Å². The first-order chi connectivity index (χ1) is 21.2. The zero-order chi connectivity index (χ0) is 32.4. The molecule has 1 aromatic carbocycles. The number of fused-ring (bicyclic) bond motifs is 3. The van der Waals surface area contributed by atoms with Crippen LogP contribution in [0.15, 0.2) is 53.3 Å². The number of aromatic nitrogens is 6. The minimum Gasteiger partial charge on any atom is -0.491 e. The molecular formula is C25H29N9O3. The van der Waals surface area contributed by atoms with Gasteiger partial charge in [0.25, 0.3) is 0 Å². The lowest BCUT2D eigenvalue weighted by atomic mass is 10.2. The fraction of sp³-hybridized carbons (Fsp3) is 0.360. The molecule has 0 atom stereocenters. The van der Waals surface area contributed by atoms with Crippen LogP contribution in [0, 0.1) is 0 Å². The Morgan fingerprint density at radius 3 is 2.68 bits per heavy atom. The van der Waals surface area contributed by atoms with Gasteiger partial charge in [-0.3, -0.25) is 4.90 Å². The first-order valence-electron chi connectivity index (χ1n) is 15.4. The van der Waals surface area contributed by atoms with E-state index in [0.29, 0.717) is 35.1 Å². The van der Waals surface area contributed by atoms with E-state index in [1.165, 1.54) is 21.9 Å². The van der Waals surface area contributed by atoms with Crippen LogP contribution in [0.25, 0.3) is 28.3 Å². The number of hydrogen-bond acceptors (Lipinski definition) is 10. The molecule has 4 aromatic heterocycles. The smallest absolute Gasteiger partial charge is 0.225 e. The summed E-state index contributed by atoms with van der Waals surface area (Å²) in [7, 11) is 1.56. The molecule has 1 fully saturated rings. The average Bonchev–Trinajstić information content (AvgIpc) is 3.71. The number of nitrogen functional groups attached to an aromatic ring is 1. The summed E-state index contributed by atoms with van der Waals surface area (Å²) in [6.07, 6.45) is 2.66. The van der Waals surface area contributed by atoms with Gasteiger partial charge in [-0.15, -0.1) is 5.10 Å². The molecule has 12 nitrogen and oxygen atoms in total. The maximum absolute atomic E-state index is 8.91. The highest BCUT2D eigenvalue weighted by atomic mass is 16.5. The number of methoxy groups -OCH3 is 1. The molecule has 0 spiro atoms. The second-order valence-corrected chi connectivity index (χ2v) is 7.98. The molecule has 5 aromatic rings. The highest BCUT2D eigenvalue weighted by Crippen LogP contribution is 2.24. The van der Waals surface area contributed by atoms with Crippen molar-refractivity contribution < 1.29 is 24.9 Å². The Balaban J connectivity index is 1.33. The lowest BCUT2D eigenvalue weighted by molar-refractivity contribution is 0.146. The molecule has 1 aliphatic heterocycles. The first kappa shape index (κ1) is 15.8. The van der Waals surface area contributed by atoms with Gasteiger partial charge in [0.15, 0.2) is 17.1 Å². The molecule has 12 heteroatoms. The molecule has 1 saturated heterocycles. The molecule has 0 amide bonds. The Labute approximate surface area is 224 Å². The van der Waals surface area contributed by atoms with E-state index in [1.54, 1.807) is 43.5 Å². The molecule has 37 heavy (non-hydrogen) atoms. The van der Waals surface area contributed by atoms with Crippen molar-refractivity contribution in [2.24, 2.45) is 0 Å². The van der Waals surface area contributed by atoms with Gasteiger partial charge in [-0.25, -0.2) is 9.67 Å². The summed E-state index contributed by atoms with van der Waals surface area (Å²) in [4.78, 5) is 10.3. The zero-order valence-electron chi connectivity index (χ0n) is 27.8. The minimum absolute atomic E-state index is 0.154. The van der Waals surface area contributed by atoms with Crippen LogP contribution in [0.4, 0.5) is 11.6 Å². The zero-order valence-corrected chi connectivity index (χ0v) is 19.8. The van der Waals surface area contributed by atoms with Gasteiger partial charge in [0, 0.05) is 53.6 Å². The van der Waals surface area contributed by atoms with E-state index in [0.717, 1.165) is 0 Å². The predicted octanol–water partition coefficient (Wildman–Crippen LogP) is 2.16. The Morgan fingerprint density at radius 1 is 1.08 bits per heavy atom. The van der Waals surface area contributed by atoms with Gasteiger partial charge in [0.05, 0.1) is 33.7 Å². The molecule has 0 radical (unpaired) electrons. The van der Waals surface area contributed by atoms with Crippen LogP contribution in [-0.4, -0.2) is 87.2 Å². The van der Waals surface area contributed by atoms with Crippen LogP contribution in [0.1, 0.15) is 11.0 Å². The Bertz CT molecular complexity index is 1810. The predicted molar refractivity (Wildman–Crippen MR) is 139 cm³/mol. The van der Waals surface area contributed by atoms with E-state index in [1.807, 2.05) is 0 Å². The number of nitrogens with zero attached hydrogens (tertiary/aromatic N) is 8. The Hall–Kier alpha value is -4.16. The maximum Gasteiger partial charge on any atom is 0.225 e. The topological polar surface area (TPSA) is 125 Å². The van der Waals surface area contributed by atoms with Crippen LogP contribution in [0.5, 0.6) is 5.75 Å². The quantitative estimate of drug-likeness (QED) is 0.294. The summed E-state index contributed by atoms with van der Waals surface area (Å²) in [6.45, 7) is -12.1. The standard InChI is InChI=1S/C25H29N9O3/c1-35-15-16-36-19-6-4-18(5-7-19)32-11-8-31(9-12-32)10-13-33-23-20(17-27-33)24-28-22(21-3-2-14-37-21)30-34(24)25(26)29-23/h2-7,14,17H,8-13,15-16H2,1H3,(H2,26,29)/i8D2,9D2,10D2,13D2. The van der Waals surface area contributed by atoms with Crippen molar-refractivity contribution in [1.82, 2.24) is 34.3 Å². The summed E-state index contributed by atoms with van der Waals surface area (Å²) >= 11 is 0. The van der Waals surface area contributed by atoms with E-state index >= 15 is 0 Å². The Kier molecular flexibility index (Phi) is 4.31.